The molecule has 0 aromatic heterocycles. The second kappa shape index (κ2) is 27.5. The summed E-state index contributed by atoms with van der Waals surface area (Å²) in [5, 5.41) is 26.9. The van der Waals surface area contributed by atoms with Crippen LogP contribution < -0.4 is 5.32 Å². The Morgan fingerprint density at radius 2 is 1.62 bits per heavy atom. The van der Waals surface area contributed by atoms with Crippen LogP contribution in [0, 0.1) is 35.5 Å². The number of cyclic esters (lactones) is 1. The molecule has 0 aromatic rings. The van der Waals surface area contributed by atoms with Gasteiger partial charge < -0.3 is 38.8 Å². The number of aliphatic hydroxyl groups excluding tert-OH is 1. The lowest BCUT2D eigenvalue weighted by Crippen LogP contribution is -2.61. The van der Waals surface area contributed by atoms with Crippen molar-refractivity contribution in [1.29, 1.82) is 0 Å². The van der Waals surface area contributed by atoms with Crippen molar-refractivity contribution in [3.63, 3.8) is 0 Å². The molecule has 4 rings (SSSR count). The number of fused-ring (bicyclic) bond motifs is 3. The van der Waals surface area contributed by atoms with Crippen molar-refractivity contribution in [3.05, 3.63) is 47.6 Å². The number of ether oxygens (including phenoxy) is 5. The van der Waals surface area contributed by atoms with Gasteiger partial charge in [-0.05, 0) is 107 Å². The van der Waals surface area contributed by atoms with Crippen molar-refractivity contribution in [3.8, 4) is 0 Å². The summed E-state index contributed by atoms with van der Waals surface area (Å²) in [5.74, 6) is -7.91. The predicted molar refractivity (Wildman–Crippen MR) is 264 cm³/mol. The molecule has 69 heavy (non-hydrogen) atoms. The van der Waals surface area contributed by atoms with Crippen molar-refractivity contribution in [1.82, 2.24) is 10.2 Å². The number of nitrogens with one attached hydrogen (secondary N) is 1. The summed E-state index contributed by atoms with van der Waals surface area (Å²) in [6.07, 6.45) is 12.9. The first-order valence-electron chi connectivity index (χ1n) is 25.3. The number of carbonyl (C=O) groups excluding carboxylic acids is 5. The van der Waals surface area contributed by atoms with E-state index in [1.54, 1.807) is 47.7 Å². The molecule has 4 aliphatic rings. The van der Waals surface area contributed by atoms with Crippen LogP contribution in [0.5, 0.6) is 0 Å². The fourth-order valence-electron chi connectivity index (χ4n) is 10.6. The highest BCUT2D eigenvalue weighted by molar-refractivity contribution is 7.43. The molecule has 0 radical (unpaired) electrons. The highest BCUT2D eigenvalue weighted by atomic mass is 31.1. The number of Topliss-reactive ketones (excluding diaryl/α,β-unsaturated/α-hetero) is 3. The summed E-state index contributed by atoms with van der Waals surface area (Å²) in [6, 6.07) is -1.11. The van der Waals surface area contributed by atoms with E-state index < -0.39 is 85.6 Å². The Labute approximate surface area is 412 Å². The Morgan fingerprint density at radius 1 is 0.899 bits per heavy atom. The standard InChI is InChI=1S/C53H84N2O13P/c1-32-17-13-12-14-18-33(2)44(64-8)29-40-22-20-38(7)53(62,68-40)50(59)51(60)55-24-16-15-19-42(55)52(61)67-45(35(4)27-39-21-23-41(46(28-39)65-9)54-31-69(11)63)30-43(56)34(3)26-37(6)48(58)49(66-10)47(57)36(5)25-32/h12-14,17-18,26,32,34-36,38-42,44-46,48-49,54,58,62H,15-16,19-25,27-31H2,1-11H3/q+1/b14-12+,17-13+,33-18+,37-26+/t32-,34-,35-,36-,38-,39+,40+,41?,42?,44+,45+,46-,48-,49+,53-/m1/s1. The second-order valence-corrected chi connectivity index (χ2v) is 22.2. The molecule has 0 aromatic carbocycles. The molecule has 3 aliphatic heterocycles. The van der Waals surface area contributed by atoms with Crippen molar-refractivity contribution in [2.24, 2.45) is 35.5 Å². The number of piperidine rings is 1. The van der Waals surface area contributed by atoms with E-state index >= 15 is 0 Å². The van der Waals surface area contributed by atoms with Crippen LogP contribution in [0.2, 0.25) is 0 Å². The van der Waals surface area contributed by atoms with Crippen molar-refractivity contribution < 1.29 is 62.4 Å². The molecule has 3 unspecified atom stereocenters. The first-order valence-corrected chi connectivity index (χ1v) is 27.1. The summed E-state index contributed by atoms with van der Waals surface area (Å²) in [5.41, 5.74) is 1.27. The fraction of sp³-hybridized carbons (Fsp3) is 0.755. The van der Waals surface area contributed by atoms with Crippen LogP contribution in [-0.2, 0) is 52.2 Å². The summed E-state index contributed by atoms with van der Waals surface area (Å²) in [7, 11) is 3.25. The van der Waals surface area contributed by atoms with Crippen LogP contribution in [0.25, 0.3) is 0 Å². The van der Waals surface area contributed by atoms with E-state index in [4.69, 9.17) is 23.7 Å². The smallest absolute Gasteiger partial charge is 0.350 e. The molecule has 1 aliphatic carbocycles. The largest absolute Gasteiger partial charge is 0.460 e. The molecule has 3 heterocycles. The molecule has 15 nitrogen and oxygen atoms in total. The number of methoxy groups -OCH3 is 3. The Morgan fingerprint density at radius 3 is 2.29 bits per heavy atom. The molecule has 3 N–H and O–H groups in total. The molecule has 1 amide bonds. The Balaban J connectivity index is 1.70. The van der Waals surface area contributed by atoms with Gasteiger partial charge in [0.05, 0.1) is 18.3 Å². The number of hydrogen-bond donors (Lipinski definition) is 3. The number of esters is 1. The molecular weight excluding hydrogens is 904 g/mol. The molecular formula is C53H84N2O13P+. The van der Waals surface area contributed by atoms with Crippen molar-refractivity contribution in [2.75, 3.05) is 40.8 Å². The molecule has 16 heteroatoms. The average molecular weight is 988 g/mol. The van der Waals surface area contributed by atoms with Crippen LogP contribution >= 0.6 is 7.80 Å². The lowest BCUT2D eigenvalue weighted by molar-refractivity contribution is -0.265. The number of carbonyl (C=O) groups is 5. The number of allylic oxidation sites excluding steroid dienone is 6. The number of aliphatic hydroxyl groups is 2. The number of nitrogens with zero attached hydrogens (tertiary/aromatic N) is 1. The Hall–Kier alpha value is -3.27. The van der Waals surface area contributed by atoms with Crippen LogP contribution in [0.4, 0.5) is 0 Å². The first-order chi connectivity index (χ1) is 32.6. The molecule has 2 saturated heterocycles. The molecule has 16 atom stereocenters. The minimum atomic E-state index is -2.43. The van der Waals surface area contributed by atoms with Gasteiger partial charge in [-0.1, -0.05) is 75.6 Å². The van der Waals surface area contributed by atoms with Gasteiger partial charge in [-0.3, -0.25) is 24.5 Å². The third-order valence-electron chi connectivity index (χ3n) is 15.1. The van der Waals surface area contributed by atoms with Crippen LogP contribution in [0.3, 0.4) is 0 Å². The van der Waals surface area contributed by atoms with E-state index in [0.29, 0.717) is 63.2 Å². The van der Waals surface area contributed by atoms with Gasteiger partial charge in [0, 0.05) is 64.5 Å². The zero-order valence-electron chi connectivity index (χ0n) is 43.2. The number of ketones is 3. The van der Waals surface area contributed by atoms with E-state index in [1.165, 1.54) is 12.0 Å². The lowest BCUT2D eigenvalue weighted by Gasteiger charge is -2.42. The van der Waals surface area contributed by atoms with Crippen LogP contribution in [0.15, 0.2) is 47.6 Å². The van der Waals surface area contributed by atoms with Crippen molar-refractivity contribution >= 4 is 37.0 Å². The first kappa shape index (κ1) is 58.3. The van der Waals surface area contributed by atoms with Gasteiger partial charge in [-0.15, -0.1) is 0 Å². The average Bonchev–Trinajstić information content (AvgIpc) is 3.32. The van der Waals surface area contributed by atoms with Gasteiger partial charge in [0.25, 0.3) is 11.7 Å². The topological polar surface area (TPSA) is 204 Å². The molecule has 1 saturated carbocycles. The van der Waals surface area contributed by atoms with E-state index in [2.05, 4.69) is 5.32 Å². The molecule has 2 bridgehead atoms. The minimum Gasteiger partial charge on any atom is -0.460 e. The van der Waals surface area contributed by atoms with Gasteiger partial charge in [-0.25, -0.2) is 4.79 Å². The third kappa shape index (κ3) is 16.1. The van der Waals surface area contributed by atoms with E-state index in [9.17, 15) is 38.8 Å². The summed E-state index contributed by atoms with van der Waals surface area (Å²) in [4.78, 5) is 72.3. The number of rotatable bonds is 9. The van der Waals surface area contributed by atoms with Crippen molar-refractivity contribution in [2.45, 2.75) is 180 Å². The summed E-state index contributed by atoms with van der Waals surface area (Å²) in [6.45, 7) is 14.5. The van der Waals surface area contributed by atoms with Crippen LogP contribution in [-0.4, -0.2) is 140 Å². The Bertz CT molecular complexity index is 1900. The monoisotopic (exact) mass is 988 g/mol. The molecule has 0 spiro atoms. The minimum absolute atomic E-state index is 0.0161. The fourth-order valence-corrected chi connectivity index (χ4v) is 11.1. The number of hydrogen-bond acceptors (Lipinski definition) is 14. The van der Waals surface area contributed by atoms with Gasteiger partial charge in [-0.2, -0.15) is 0 Å². The summed E-state index contributed by atoms with van der Waals surface area (Å²) >= 11 is 0. The van der Waals surface area contributed by atoms with Gasteiger partial charge >= 0.3 is 13.8 Å². The Kier molecular flexibility index (Phi) is 23.3. The quantitative estimate of drug-likeness (QED) is 0.0906. The predicted octanol–water partition coefficient (Wildman–Crippen LogP) is 7.19. The third-order valence-corrected chi connectivity index (χ3v) is 15.7. The molecule has 3 fully saturated rings. The zero-order chi connectivity index (χ0) is 51.2. The maximum atomic E-state index is 14.5. The van der Waals surface area contributed by atoms with E-state index in [1.807, 2.05) is 58.1 Å². The maximum Gasteiger partial charge on any atom is 0.350 e. The second-order valence-electron chi connectivity index (χ2n) is 20.6. The number of amides is 1. The highest BCUT2D eigenvalue weighted by Crippen LogP contribution is 2.38. The summed E-state index contributed by atoms with van der Waals surface area (Å²) < 4.78 is 41.7. The lowest BCUT2D eigenvalue weighted by atomic mass is 9.77. The molecule has 388 valence electrons. The van der Waals surface area contributed by atoms with Gasteiger partial charge in [0.15, 0.2) is 12.1 Å². The normalized spacial score (nSPS) is 39.0. The zero-order valence-corrected chi connectivity index (χ0v) is 44.1. The van der Waals surface area contributed by atoms with Gasteiger partial charge in [0.1, 0.15) is 36.8 Å². The van der Waals surface area contributed by atoms with E-state index in [0.717, 1.165) is 18.4 Å². The maximum absolute atomic E-state index is 14.5. The van der Waals surface area contributed by atoms with E-state index in [-0.39, 0.29) is 60.9 Å². The van der Waals surface area contributed by atoms with Crippen LogP contribution in [0.1, 0.15) is 126 Å². The van der Waals surface area contributed by atoms with Gasteiger partial charge in [0.2, 0.25) is 5.79 Å². The SMILES string of the molecule is CO[C@H]1C[C@@H]2CC[C@@H](C)[C@@](O)(O2)C(=O)C(=O)N2CCCCC2C(=O)O[C@H]([C@H](C)C[C@@H]2CCC(NC[P+](C)=O)[C@H](OC)C2)CC(=O)[C@H](C)/C=C(\C)[C@@H](O)[C@@H](OC)C(=O)[C@H](C)C[C@H](C)/C=C/C=C/C=C/1C. The highest BCUT2D eigenvalue weighted by Gasteiger charge is 2.53.